The number of halogens is 1. The highest BCUT2D eigenvalue weighted by molar-refractivity contribution is 7.88. The van der Waals surface area contributed by atoms with E-state index in [1.165, 1.54) is 9.87 Å². The van der Waals surface area contributed by atoms with Crippen molar-refractivity contribution in [3.63, 3.8) is 0 Å². The maximum Gasteiger partial charge on any atom is 0.224 e. The summed E-state index contributed by atoms with van der Waals surface area (Å²) < 4.78 is 27.0. The molecule has 0 unspecified atom stereocenters. The van der Waals surface area contributed by atoms with Gasteiger partial charge in [0.2, 0.25) is 15.9 Å². The molecule has 0 aliphatic carbocycles. The summed E-state index contributed by atoms with van der Waals surface area (Å²) in [4.78, 5) is 12.6. The molecule has 150 valence electrons. The number of hydrogen-bond acceptors (Lipinski definition) is 3. The van der Waals surface area contributed by atoms with Crippen LogP contribution in [-0.2, 0) is 27.1 Å². The van der Waals surface area contributed by atoms with E-state index in [9.17, 15) is 13.2 Å². The Hall–Kier alpha value is -1.89. The number of piperidine rings is 1. The third kappa shape index (κ3) is 5.56. The molecule has 2 aromatic rings. The number of amides is 1. The number of benzene rings is 2. The Morgan fingerprint density at radius 2 is 1.93 bits per heavy atom. The number of sulfonamides is 1. The highest BCUT2D eigenvalue weighted by Crippen LogP contribution is 2.22. The van der Waals surface area contributed by atoms with Gasteiger partial charge < -0.3 is 5.32 Å². The first kappa shape index (κ1) is 20.8. The molecule has 1 N–H and O–H groups in total. The highest BCUT2D eigenvalue weighted by atomic mass is 35.5. The van der Waals surface area contributed by atoms with Crippen LogP contribution < -0.4 is 5.32 Å². The van der Waals surface area contributed by atoms with E-state index >= 15 is 0 Å². The van der Waals surface area contributed by atoms with Gasteiger partial charge in [0.15, 0.2) is 0 Å². The molecule has 7 heteroatoms. The number of carbonyl (C=O) groups is 1. The van der Waals surface area contributed by atoms with Crippen molar-refractivity contribution in [3.05, 3.63) is 70.2 Å². The van der Waals surface area contributed by atoms with E-state index in [2.05, 4.69) is 5.32 Å². The van der Waals surface area contributed by atoms with E-state index in [1.807, 2.05) is 31.2 Å². The summed E-state index contributed by atoms with van der Waals surface area (Å²) in [6.45, 7) is 3.14. The molecule has 2 aromatic carbocycles. The average Bonchev–Trinajstić information content (AvgIpc) is 2.67. The SMILES string of the molecule is Cc1ccc(CNC(=O)[C@H]2CCCN(S(=O)(=O)Cc3cccc(Cl)c3)C2)cc1. The molecule has 0 saturated carbocycles. The Morgan fingerprint density at radius 1 is 1.18 bits per heavy atom. The van der Waals surface area contributed by atoms with Gasteiger partial charge in [-0.25, -0.2) is 12.7 Å². The van der Waals surface area contributed by atoms with Crippen molar-refractivity contribution in [2.24, 2.45) is 5.92 Å². The molecule has 1 aliphatic heterocycles. The monoisotopic (exact) mass is 420 g/mol. The van der Waals surface area contributed by atoms with Crippen LogP contribution in [0.3, 0.4) is 0 Å². The van der Waals surface area contributed by atoms with Gasteiger partial charge in [0.05, 0.1) is 11.7 Å². The van der Waals surface area contributed by atoms with Crippen LogP contribution in [0.1, 0.15) is 29.5 Å². The second-order valence-corrected chi connectivity index (χ2v) is 9.69. The fourth-order valence-corrected chi connectivity index (χ4v) is 5.19. The maximum atomic E-state index is 12.8. The molecule has 1 aliphatic rings. The van der Waals surface area contributed by atoms with Gasteiger partial charge in [-0.1, -0.05) is 53.6 Å². The van der Waals surface area contributed by atoms with Crippen molar-refractivity contribution in [2.45, 2.75) is 32.1 Å². The van der Waals surface area contributed by atoms with Crippen LogP contribution in [0.2, 0.25) is 5.02 Å². The molecule has 1 amide bonds. The van der Waals surface area contributed by atoms with Crippen LogP contribution in [0.4, 0.5) is 0 Å². The summed E-state index contributed by atoms with van der Waals surface area (Å²) in [6.07, 6.45) is 1.38. The van der Waals surface area contributed by atoms with Gasteiger partial charge in [0.1, 0.15) is 0 Å². The maximum absolute atomic E-state index is 12.8. The molecule has 0 spiro atoms. The third-order valence-electron chi connectivity index (χ3n) is 4.97. The van der Waals surface area contributed by atoms with Gasteiger partial charge in [-0.05, 0) is 43.0 Å². The van der Waals surface area contributed by atoms with Crippen LogP contribution in [-0.4, -0.2) is 31.7 Å². The Labute approximate surface area is 171 Å². The first-order chi connectivity index (χ1) is 13.3. The summed E-state index contributed by atoms with van der Waals surface area (Å²) >= 11 is 5.96. The summed E-state index contributed by atoms with van der Waals surface area (Å²) in [7, 11) is -3.50. The average molecular weight is 421 g/mol. The van der Waals surface area contributed by atoms with Crippen molar-refractivity contribution in [3.8, 4) is 0 Å². The lowest BCUT2D eigenvalue weighted by Crippen LogP contribution is -2.45. The zero-order chi connectivity index (χ0) is 20.1. The van der Waals surface area contributed by atoms with Gasteiger partial charge >= 0.3 is 0 Å². The largest absolute Gasteiger partial charge is 0.352 e. The Balaban J connectivity index is 1.59. The summed E-state index contributed by atoms with van der Waals surface area (Å²) in [5.41, 5.74) is 2.85. The van der Waals surface area contributed by atoms with Gasteiger partial charge in [0.25, 0.3) is 0 Å². The van der Waals surface area contributed by atoms with Gasteiger partial charge in [0, 0.05) is 24.7 Å². The van der Waals surface area contributed by atoms with Gasteiger partial charge in [-0.3, -0.25) is 4.79 Å². The molecular formula is C21H25ClN2O3S. The summed E-state index contributed by atoms with van der Waals surface area (Å²) in [5, 5.41) is 3.45. The van der Waals surface area contributed by atoms with Crippen molar-refractivity contribution in [2.75, 3.05) is 13.1 Å². The number of rotatable bonds is 6. The number of nitrogens with zero attached hydrogens (tertiary/aromatic N) is 1. The van der Waals surface area contributed by atoms with E-state index in [1.54, 1.807) is 24.3 Å². The molecular weight excluding hydrogens is 396 g/mol. The van der Waals surface area contributed by atoms with Gasteiger partial charge in [-0.15, -0.1) is 0 Å². The lowest BCUT2D eigenvalue weighted by Gasteiger charge is -2.31. The Bertz CT molecular complexity index is 929. The van der Waals surface area contributed by atoms with Crippen LogP contribution in [0.15, 0.2) is 48.5 Å². The number of hydrogen-bond donors (Lipinski definition) is 1. The topological polar surface area (TPSA) is 66.5 Å². The second-order valence-electron chi connectivity index (χ2n) is 7.29. The molecule has 1 atom stereocenters. The summed E-state index contributed by atoms with van der Waals surface area (Å²) in [5.74, 6) is -0.526. The number of carbonyl (C=O) groups excluding carboxylic acids is 1. The predicted octanol–water partition coefficient (Wildman–Crippen LogP) is 3.51. The van der Waals surface area contributed by atoms with Crippen LogP contribution in [0.5, 0.6) is 0 Å². The van der Waals surface area contributed by atoms with Crippen molar-refractivity contribution in [1.29, 1.82) is 0 Å². The van der Waals surface area contributed by atoms with E-state index < -0.39 is 10.0 Å². The molecule has 5 nitrogen and oxygen atoms in total. The molecule has 0 aromatic heterocycles. The zero-order valence-corrected chi connectivity index (χ0v) is 17.5. The molecule has 1 saturated heterocycles. The van der Waals surface area contributed by atoms with E-state index in [4.69, 9.17) is 11.6 Å². The predicted molar refractivity (Wildman–Crippen MR) is 111 cm³/mol. The fraction of sp³-hybridized carbons (Fsp3) is 0.381. The zero-order valence-electron chi connectivity index (χ0n) is 15.9. The third-order valence-corrected chi connectivity index (χ3v) is 7.03. The van der Waals surface area contributed by atoms with Crippen molar-refractivity contribution in [1.82, 2.24) is 9.62 Å². The first-order valence-electron chi connectivity index (χ1n) is 9.39. The lowest BCUT2D eigenvalue weighted by atomic mass is 9.98. The van der Waals surface area contributed by atoms with E-state index in [-0.39, 0.29) is 24.1 Å². The van der Waals surface area contributed by atoms with Crippen LogP contribution in [0, 0.1) is 12.8 Å². The van der Waals surface area contributed by atoms with Crippen molar-refractivity contribution < 1.29 is 13.2 Å². The fourth-order valence-electron chi connectivity index (χ4n) is 3.38. The lowest BCUT2D eigenvalue weighted by molar-refractivity contribution is -0.126. The van der Waals surface area contributed by atoms with E-state index in [0.717, 1.165) is 5.56 Å². The second kappa shape index (κ2) is 9.07. The molecule has 1 heterocycles. The molecule has 28 heavy (non-hydrogen) atoms. The minimum Gasteiger partial charge on any atom is -0.352 e. The number of aryl methyl sites for hydroxylation is 1. The Kier molecular flexibility index (Phi) is 6.75. The quantitative estimate of drug-likeness (QED) is 0.777. The summed E-state index contributed by atoms with van der Waals surface area (Å²) in [6, 6.07) is 14.8. The Morgan fingerprint density at radius 3 is 2.64 bits per heavy atom. The van der Waals surface area contributed by atoms with Crippen LogP contribution in [0.25, 0.3) is 0 Å². The van der Waals surface area contributed by atoms with E-state index in [0.29, 0.717) is 36.5 Å². The number of nitrogens with one attached hydrogen (secondary N) is 1. The van der Waals surface area contributed by atoms with Crippen LogP contribution >= 0.6 is 11.6 Å². The standard InChI is InChI=1S/C21H25ClN2O3S/c1-16-7-9-17(10-8-16)13-23-21(25)19-5-3-11-24(14-19)28(26,27)15-18-4-2-6-20(22)12-18/h2,4,6-10,12,19H,3,5,11,13-15H2,1H3,(H,23,25)/t19-/m0/s1. The highest BCUT2D eigenvalue weighted by Gasteiger charge is 2.32. The molecule has 1 fully saturated rings. The molecule has 0 radical (unpaired) electrons. The first-order valence-corrected chi connectivity index (χ1v) is 11.4. The minimum atomic E-state index is -3.50. The van der Waals surface area contributed by atoms with Gasteiger partial charge in [-0.2, -0.15) is 0 Å². The van der Waals surface area contributed by atoms with Crippen molar-refractivity contribution >= 4 is 27.5 Å². The minimum absolute atomic E-state index is 0.0942. The molecule has 3 rings (SSSR count). The molecule has 0 bridgehead atoms. The smallest absolute Gasteiger partial charge is 0.224 e. The normalized spacial score (nSPS) is 18.0.